The molecule has 4 rings (SSSR count). The van der Waals surface area contributed by atoms with Crippen molar-refractivity contribution in [3.8, 4) is 0 Å². The van der Waals surface area contributed by atoms with Gasteiger partial charge in [0.15, 0.2) is 0 Å². The zero-order valence-corrected chi connectivity index (χ0v) is 17.1. The van der Waals surface area contributed by atoms with Crippen molar-refractivity contribution >= 4 is 5.91 Å². The van der Waals surface area contributed by atoms with E-state index in [1.807, 2.05) is 7.05 Å². The van der Waals surface area contributed by atoms with Crippen LogP contribution < -0.4 is 5.56 Å². The van der Waals surface area contributed by atoms with Gasteiger partial charge >= 0.3 is 0 Å². The molecule has 4 heterocycles. The second kappa shape index (κ2) is 8.46. The Morgan fingerprint density at radius 1 is 1.24 bits per heavy atom. The Hall–Kier alpha value is -2.52. The number of carbonyl (C=O) groups excluding carboxylic acids is 1. The van der Waals surface area contributed by atoms with Crippen LogP contribution in [-0.2, 0) is 25.4 Å². The van der Waals surface area contributed by atoms with Crippen LogP contribution in [0.5, 0.6) is 0 Å². The minimum absolute atomic E-state index is 0.00187. The predicted molar refractivity (Wildman–Crippen MR) is 107 cm³/mol. The summed E-state index contributed by atoms with van der Waals surface area (Å²) in [5.41, 5.74) is 1.99. The monoisotopic (exact) mass is 400 g/mol. The van der Waals surface area contributed by atoms with Crippen LogP contribution in [-0.4, -0.2) is 74.7 Å². The maximum Gasteiger partial charge on any atom is 0.270 e. The van der Waals surface area contributed by atoms with Crippen LogP contribution in [0.2, 0.25) is 0 Å². The van der Waals surface area contributed by atoms with Gasteiger partial charge < -0.3 is 19.1 Å². The minimum atomic E-state index is -0.199. The van der Waals surface area contributed by atoms with Crippen LogP contribution in [0.15, 0.2) is 23.0 Å². The van der Waals surface area contributed by atoms with Gasteiger partial charge in [-0.2, -0.15) is 0 Å². The van der Waals surface area contributed by atoms with Crippen molar-refractivity contribution in [3.63, 3.8) is 0 Å². The van der Waals surface area contributed by atoms with Gasteiger partial charge in [0.25, 0.3) is 11.5 Å². The van der Waals surface area contributed by atoms with E-state index >= 15 is 0 Å². The van der Waals surface area contributed by atoms with E-state index in [1.165, 1.54) is 23.5 Å². The molecule has 1 amide bonds. The minimum Gasteiger partial charge on any atom is -0.379 e. The van der Waals surface area contributed by atoms with Gasteiger partial charge in [-0.25, -0.2) is 0 Å². The highest BCUT2D eigenvalue weighted by Crippen LogP contribution is 2.27. The normalized spacial score (nSPS) is 19.5. The second-order valence-electron chi connectivity index (χ2n) is 7.86. The molecule has 2 aliphatic rings. The lowest BCUT2D eigenvalue weighted by Gasteiger charge is -2.32. The summed E-state index contributed by atoms with van der Waals surface area (Å²) in [5.74, 6) is -0.175. The third-order valence-electron chi connectivity index (χ3n) is 5.87. The number of fused-ring (bicyclic) bond motifs is 1. The fourth-order valence-electron chi connectivity index (χ4n) is 4.27. The number of hydrogen-bond acceptors (Lipinski definition) is 6. The van der Waals surface area contributed by atoms with Gasteiger partial charge in [0.05, 0.1) is 25.5 Å². The van der Waals surface area contributed by atoms with E-state index in [0.29, 0.717) is 32.0 Å². The zero-order chi connectivity index (χ0) is 20.4. The van der Waals surface area contributed by atoms with Crippen LogP contribution >= 0.6 is 0 Å². The third kappa shape index (κ3) is 4.11. The molecule has 1 atom stereocenters. The van der Waals surface area contributed by atoms with E-state index in [2.05, 4.69) is 15.2 Å². The molecule has 0 aliphatic carbocycles. The highest BCUT2D eigenvalue weighted by Gasteiger charge is 2.33. The quantitative estimate of drug-likeness (QED) is 0.651. The molecule has 156 valence electrons. The maximum atomic E-state index is 13.1. The van der Waals surface area contributed by atoms with Crippen molar-refractivity contribution < 1.29 is 9.53 Å². The number of aromatic nitrogens is 4. The molecule has 29 heavy (non-hydrogen) atoms. The summed E-state index contributed by atoms with van der Waals surface area (Å²) in [6.45, 7) is 5.34. The molecule has 0 saturated carbocycles. The Bertz CT molecular complexity index is 931. The smallest absolute Gasteiger partial charge is 0.270 e. The number of carbonyl (C=O) groups is 1. The average Bonchev–Trinajstić information content (AvgIpc) is 3.37. The fraction of sp³-hybridized carbons (Fsp3) is 0.600. The van der Waals surface area contributed by atoms with Gasteiger partial charge in [-0.05, 0) is 32.0 Å². The molecule has 9 nitrogen and oxygen atoms in total. The van der Waals surface area contributed by atoms with E-state index in [-0.39, 0.29) is 17.4 Å². The van der Waals surface area contributed by atoms with E-state index in [1.54, 1.807) is 28.8 Å². The Morgan fingerprint density at radius 2 is 2.03 bits per heavy atom. The molecule has 0 spiro atoms. The third-order valence-corrected chi connectivity index (χ3v) is 5.87. The van der Waals surface area contributed by atoms with Gasteiger partial charge in [-0.3, -0.25) is 14.3 Å². The highest BCUT2D eigenvalue weighted by atomic mass is 16.5. The second-order valence-corrected chi connectivity index (χ2v) is 7.86. The Labute approximate surface area is 169 Å². The zero-order valence-electron chi connectivity index (χ0n) is 17.1. The molecule has 9 heteroatoms. The number of pyridine rings is 1. The van der Waals surface area contributed by atoms with E-state index < -0.39 is 0 Å². The first-order valence-corrected chi connectivity index (χ1v) is 10.2. The van der Waals surface area contributed by atoms with Crippen LogP contribution in [0.4, 0.5) is 0 Å². The molecule has 0 radical (unpaired) electrons. The molecular weight excluding hydrogens is 372 g/mol. The Kier molecular flexibility index (Phi) is 5.77. The lowest BCUT2D eigenvalue weighted by Crippen LogP contribution is -2.42. The van der Waals surface area contributed by atoms with Crippen LogP contribution in [0.3, 0.4) is 0 Å². The molecule has 0 aromatic carbocycles. The molecule has 2 aromatic heterocycles. The summed E-state index contributed by atoms with van der Waals surface area (Å²) in [7, 11) is 3.49. The van der Waals surface area contributed by atoms with Gasteiger partial charge in [0, 0.05) is 39.2 Å². The van der Waals surface area contributed by atoms with Crippen LogP contribution in [0, 0.1) is 0 Å². The summed E-state index contributed by atoms with van der Waals surface area (Å²) >= 11 is 0. The van der Waals surface area contributed by atoms with Crippen molar-refractivity contribution in [2.75, 3.05) is 39.4 Å². The molecule has 2 aromatic rings. The lowest BCUT2D eigenvalue weighted by molar-refractivity contribution is 0.0595. The largest absolute Gasteiger partial charge is 0.379 e. The highest BCUT2D eigenvalue weighted by molar-refractivity contribution is 5.92. The number of hydrogen-bond donors (Lipinski definition) is 0. The number of ether oxygens (including phenoxy) is 1. The number of aryl methyl sites for hydroxylation is 1. The summed E-state index contributed by atoms with van der Waals surface area (Å²) in [5, 5.41) is 8.40. The number of rotatable bonds is 6. The fourth-order valence-corrected chi connectivity index (χ4v) is 4.27. The molecule has 0 N–H and O–H groups in total. The van der Waals surface area contributed by atoms with Crippen molar-refractivity contribution in [1.82, 2.24) is 29.4 Å². The average molecular weight is 400 g/mol. The van der Waals surface area contributed by atoms with Crippen molar-refractivity contribution in [2.45, 2.75) is 25.3 Å². The molecule has 1 saturated heterocycles. The van der Waals surface area contributed by atoms with Crippen molar-refractivity contribution in [2.24, 2.45) is 14.1 Å². The topological polar surface area (TPSA) is 85.5 Å². The first-order chi connectivity index (χ1) is 14.0. The molecule has 2 aliphatic heterocycles. The predicted octanol–water partition coefficient (Wildman–Crippen LogP) is 0.366. The van der Waals surface area contributed by atoms with Gasteiger partial charge in [-0.1, -0.05) is 11.3 Å². The van der Waals surface area contributed by atoms with Gasteiger partial charge in [-0.15, -0.1) is 5.10 Å². The SMILES string of the molecule is Cn1nnc2c1C(COCCN1CCCC1)CN(C(=O)c1cccc(=O)n1C)C2. The van der Waals surface area contributed by atoms with E-state index in [9.17, 15) is 9.59 Å². The lowest BCUT2D eigenvalue weighted by atomic mass is 9.98. The first kappa shape index (κ1) is 19.8. The van der Waals surface area contributed by atoms with Crippen molar-refractivity contribution in [3.05, 3.63) is 45.6 Å². The van der Waals surface area contributed by atoms with Gasteiger partial charge in [0.2, 0.25) is 0 Å². The van der Waals surface area contributed by atoms with Crippen LogP contribution in [0.25, 0.3) is 0 Å². The summed E-state index contributed by atoms with van der Waals surface area (Å²) in [6, 6.07) is 4.74. The first-order valence-electron chi connectivity index (χ1n) is 10.2. The summed E-state index contributed by atoms with van der Waals surface area (Å²) < 4.78 is 9.16. The molecule has 1 fully saturated rings. The molecule has 1 unspecified atom stereocenters. The number of likely N-dealkylation sites (tertiary alicyclic amines) is 1. The Morgan fingerprint density at radius 3 is 2.83 bits per heavy atom. The Balaban J connectivity index is 1.46. The summed E-state index contributed by atoms with van der Waals surface area (Å²) in [4.78, 5) is 29.2. The van der Waals surface area contributed by atoms with E-state index in [0.717, 1.165) is 31.0 Å². The molecule has 0 bridgehead atoms. The summed E-state index contributed by atoms with van der Waals surface area (Å²) in [6.07, 6.45) is 2.54. The maximum absolute atomic E-state index is 13.1. The number of nitrogens with zero attached hydrogens (tertiary/aromatic N) is 6. The number of amides is 1. The molecular formula is C20H28N6O3. The van der Waals surface area contributed by atoms with Crippen LogP contribution in [0.1, 0.15) is 40.6 Å². The standard InChI is InChI=1S/C20H28N6O3/c1-23-17(6-5-7-18(23)27)20(28)26-12-15(19-16(13-26)21-22-24(19)2)14-29-11-10-25-8-3-4-9-25/h5-7,15H,3-4,8-14H2,1-2H3. The van der Waals surface area contributed by atoms with Crippen molar-refractivity contribution in [1.29, 1.82) is 0 Å². The van der Waals surface area contributed by atoms with Gasteiger partial charge in [0.1, 0.15) is 11.4 Å². The van der Waals surface area contributed by atoms with E-state index in [4.69, 9.17) is 4.74 Å².